The molecule has 2 aromatic rings. The summed E-state index contributed by atoms with van der Waals surface area (Å²) in [4.78, 5) is 16.5. The van der Waals surface area contributed by atoms with Gasteiger partial charge in [0.1, 0.15) is 0 Å². The van der Waals surface area contributed by atoms with Crippen molar-refractivity contribution in [3.05, 3.63) is 45.4 Å². The van der Waals surface area contributed by atoms with Crippen LogP contribution in [0.1, 0.15) is 23.3 Å². The Bertz CT molecular complexity index is 583. The summed E-state index contributed by atoms with van der Waals surface area (Å²) in [5.41, 5.74) is 1.92. The van der Waals surface area contributed by atoms with E-state index in [9.17, 15) is 4.79 Å². The molecular formula is C14H15ClN2O2S. The van der Waals surface area contributed by atoms with E-state index in [0.29, 0.717) is 11.0 Å². The van der Waals surface area contributed by atoms with Crippen LogP contribution in [0.2, 0.25) is 4.47 Å². The van der Waals surface area contributed by atoms with Gasteiger partial charge in [-0.25, -0.2) is 4.98 Å². The predicted octanol–water partition coefficient (Wildman–Crippen LogP) is 3.69. The van der Waals surface area contributed by atoms with Crippen molar-refractivity contribution < 1.29 is 9.53 Å². The third kappa shape index (κ3) is 3.71. The molecule has 1 N–H and O–H groups in total. The molecule has 106 valence electrons. The summed E-state index contributed by atoms with van der Waals surface area (Å²) in [6.45, 7) is 2.50. The third-order valence-electron chi connectivity index (χ3n) is 2.96. The van der Waals surface area contributed by atoms with Gasteiger partial charge in [-0.1, -0.05) is 23.7 Å². The average Bonchev–Trinajstić information content (AvgIpc) is 2.89. The van der Waals surface area contributed by atoms with E-state index in [2.05, 4.69) is 10.3 Å². The molecule has 0 radical (unpaired) electrons. The fraction of sp³-hybridized carbons (Fsp3) is 0.286. The Kier molecular flexibility index (Phi) is 4.98. The zero-order chi connectivity index (χ0) is 14.5. The number of benzene rings is 1. The van der Waals surface area contributed by atoms with Gasteiger partial charge in [-0.15, -0.1) is 11.3 Å². The molecule has 1 aromatic carbocycles. The summed E-state index contributed by atoms with van der Waals surface area (Å²) < 4.78 is 5.28. The lowest BCUT2D eigenvalue weighted by atomic mass is 10.0. The maximum absolute atomic E-state index is 11.5. The first-order chi connectivity index (χ1) is 9.60. The molecule has 1 atom stereocenters. The topological polar surface area (TPSA) is 51.2 Å². The SMILES string of the molecule is COC(=O)C(C)c1ccc(NCc2cnc(Cl)s2)cc1. The molecule has 0 saturated carbocycles. The highest BCUT2D eigenvalue weighted by Crippen LogP contribution is 2.21. The molecule has 0 amide bonds. The Morgan fingerprint density at radius 1 is 1.45 bits per heavy atom. The second-order valence-corrected chi connectivity index (χ2v) is 6.00. The predicted molar refractivity (Wildman–Crippen MR) is 81.3 cm³/mol. The first kappa shape index (κ1) is 14.8. The van der Waals surface area contributed by atoms with Gasteiger partial charge in [0.2, 0.25) is 0 Å². The number of rotatable bonds is 5. The molecule has 1 unspecified atom stereocenters. The highest BCUT2D eigenvalue weighted by molar-refractivity contribution is 7.15. The molecule has 0 aliphatic rings. The van der Waals surface area contributed by atoms with Gasteiger partial charge in [-0.2, -0.15) is 0 Å². The molecule has 0 aliphatic heterocycles. The van der Waals surface area contributed by atoms with E-state index in [-0.39, 0.29) is 11.9 Å². The summed E-state index contributed by atoms with van der Waals surface area (Å²) in [5, 5.41) is 3.28. The molecular weight excluding hydrogens is 296 g/mol. The lowest BCUT2D eigenvalue weighted by molar-refractivity contribution is -0.141. The molecule has 4 nitrogen and oxygen atoms in total. The van der Waals surface area contributed by atoms with Crippen LogP contribution in [0.5, 0.6) is 0 Å². The quantitative estimate of drug-likeness (QED) is 0.856. The number of methoxy groups -OCH3 is 1. The van der Waals surface area contributed by atoms with Crippen LogP contribution in [-0.4, -0.2) is 18.1 Å². The number of carbonyl (C=O) groups is 1. The molecule has 0 saturated heterocycles. The maximum Gasteiger partial charge on any atom is 0.312 e. The smallest absolute Gasteiger partial charge is 0.312 e. The van der Waals surface area contributed by atoms with Crippen molar-refractivity contribution in [1.29, 1.82) is 0 Å². The van der Waals surface area contributed by atoms with Crippen LogP contribution in [0.4, 0.5) is 5.69 Å². The molecule has 0 aliphatic carbocycles. The number of nitrogens with zero attached hydrogens (tertiary/aromatic N) is 1. The van der Waals surface area contributed by atoms with Crippen LogP contribution in [-0.2, 0) is 16.1 Å². The molecule has 0 fully saturated rings. The molecule has 20 heavy (non-hydrogen) atoms. The number of nitrogens with one attached hydrogen (secondary N) is 1. The molecule has 0 spiro atoms. The van der Waals surface area contributed by atoms with Crippen LogP contribution in [0.3, 0.4) is 0 Å². The van der Waals surface area contributed by atoms with Crippen LogP contribution in [0.15, 0.2) is 30.5 Å². The molecule has 1 aromatic heterocycles. The van der Waals surface area contributed by atoms with E-state index >= 15 is 0 Å². The van der Waals surface area contributed by atoms with Crippen molar-refractivity contribution in [3.63, 3.8) is 0 Å². The molecule has 6 heteroatoms. The van der Waals surface area contributed by atoms with Crippen molar-refractivity contribution in [2.75, 3.05) is 12.4 Å². The summed E-state index contributed by atoms with van der Waals surface area (Å²) in [6.07, 6.45) is 1.76. The van der Waals surface area contributed by atoms with Crippen LogP contribution >= 0.6 is 22.9 Å². The standard InChI is InChI=1S/C14H15ClN2O2S/c1-9(13(18)19-2)10-3-5-11(6-4-10)16-7-12-8-17-14(15)20-12/h3-6,8-9,16H,7H2,1-2H3. The number of ether oxygens (including phenoxy) is 1. The number of esters is 1. The van der Waals surface area contributed by atoms with E-state index in [4.69, 9.17) is 16.3 Å². The van der Waals surface area contributed by atoms with Gasteiger partial charge in [-0.05, 0) is 24.6 Å². The summed E-state index contributed by atoms with van der Waals surface area (Å²) >= 11 is 7.23. The van der Waals surface area contributed by atoms with E-state index in [0.717, 1.165) is 16.1 Å². The van der Waals surface area contributed by atoms with Crippen LogP contribution in [0.25, 0.3) is 0 Å². The molecule has 0 bridgehead atoms. The van der Waals surface area contributed by atoms with E-state index in [1.807, 2.05) is 31.2 Å². The number of aromatic nitrogens is 1. The largest absolute Gasteiger partial charge is 0.469 e. The summed E-state index contributed by atoms with van der Waals surface area (Å²) in [6, 6.07) is 7.72. The van der Waals surface area contributed by atoms with Gasteiger partial charge in [0.05, 0.1) is 19.6 Å². The normalized spacial score (nSPS) is 11.9. The minimum Gasteiger partial charge on any atom is -0.469 e. The number of carbonyl (C=O) groups excluding carboxylic acids is 1. The zero-order valence-electron chi connectivity index (χ0n) is 11.2. The Morgan fingerprint density at radius 2 is 2.15 bits per heavy atom. The van der Waals surface area contributed by atoms with E-state index in [1.165, 1.54) is 18.4 Å². The minimum atomic E-state index is -0.255. The highest BCUT2D eigenvalue weighted by atomic mass is 35.5. The van der Waals surface area contributed by atoms with Crippen molar-refractivity contribution in [3.8, 4) is 0 Å². The van der Waals surface area contributed by atoms with Crippen molar-refractivity contribution in [2.45, 2.75) is 19.4 Å². The maximum atomic E-state index is 11.5. The lowest BCUT2D eigenvalue weighted by Crippen LogP contribution is -2.10. The number of halogens is 1. The van der Waals surface area contributed by atoms with Gasteiger partial charge >= 0.3 is 5.97 Å². The second kappa shape index (κ2) is 6.72. The fourth-order valence-corrected chi connectivity index (χ4v) is 2.67. The van der Waals surface area contributed by atoms with Gasteiger partial charge in [0.25, 0.3) is 0 Å². The molecule has 1 heterocycles. The van der Waals surface area contributed by atoms with Gasteiger partial charge in [-0.3, -0.25) is 4.79 Å². The lowest BCUT2D eigenvalue weighted by Gasteiger charge is -2.10. The summed E-state index contributed by atoms with van der Waals surface area (Å²) in [5.74, 6) is -0.487. The fourth-order valence-electron chi connectivity index (χ4n) is 1.76. The minimum absolute atomic E-state index is 0.231. The number of hydrogen-bond acceptors (Lipinski definition) is 5. The first-order valence-electron chi connectivity index (χ1n) is 6.12. The Hall–Kier alpha value is -1.59. The van der Waals surface area contributed by atoms with Crippen molar-refractivity contribution in [2.24, 2.45) is 0 Å². The van der Waals surface area contributed by atoms with Gasteiger partial charge < -0.3 is 10.1 Å². The first-order valence-corrected chi connectivity index (χ1v) is 7.31. The van der Waals surface area contributed by atoms with Gasteiger partial charge in [0, 0.05) is 16.8 Å². The number of anilines is 1. The monoisotopic (exact) mass is 310 g/mol. The van der Waals surface area contributed by atoms with Crippen LogP contribution < -0.4 is 5.32 Å². The molecule has 2 rings (SSSR count). The Labute approximate surface area is 126 Å². The number of hydrogen-bond donors (Lipinski definition) is 1. The summed E-state index contributed by atoms with van der Waals surface area (Å²) in [7, 11) is 1.40. The number of thiazole rings is 1. The van der Waals surface area contributed by atoms with E-state index < -0.39 is 0 Å². The Balaban J connectivity index is 1.96. The van der Waals surface area contributed by atoms with Crippen LogP contribution in [0, 0.1) is 0 Å². The van der Waals surface area contributed by atoms with Gasteiger partial charge in [0.15, 0.2) is 4.47 Å². The second-order valence-electron chi connectivity index (χ2n) is 4.30. The zero-order valence-corrected chi connectivity index (χ0v) is 12.8. The van der Waals surface area contributed by atoms with Crippen molar-refractivity contribution in [1.82, 2.24) is 4.98 Å². The van der Waals surface area contributed by atoms with E-state index in [1.54, 1.807) is 6.20 Å². The third-order valence-corrected chi connectivity index (χ3v) is 4.07. The highest BCUT2D eigenvalue weighted by Gasteiger charge is 2.14. The average molecular weight is 311 g/mol. The van der Waals surface area contributed by atoms with Crippen molar-refractivity contribution >= 4 is 34.6 Å². The Morgan fingerprint density at radius 3 is 2.70 bits per heavy atom.